The van der Waals surface area contributed by atoms with Crippen molar-refractivity contribution in [2.75, 3.05) is 19.8 Å². The maximum atomic E-state index is 16.0. The monoisotopic (exact) mass is 1410 g/mol. The number of carbonyl (C=O) groups is 3. The molecule has 38 unspecified atom stereocenters. The van der Waals surface area contributed by atoms with Gasteiger partial charge in [0.05, 0.1) is 49.8 Å². The molecule has 11 rings (SSSR count). The van der Waals surface area contributed by atoms with E-state index >= 15 is 4.79 Å². The van der Waals surface area contributed by atoms with E-state index in [1.807, 2.05) is 13.8 Å². The Morgan fingerprint density at radius 1 is 0.520 bits per heavy atom. The van der Waals surface area contributed by atoms with Gasteiger partial charge in [-0.2, -0.15) is 0 Å². The molecule has 0 amide bonds. The molecule has 34 nitrogen and oxygen atoms in total. The van der Waals surface area contributed by atoms with E-state index in [9.17, 15) is 102 Å². The summed E-state index contributed by atoms with van der Waals surface area (Å²) in [5, 5.41) is 197. The molecule has 6 heterocycles. The van der Waals surface area contributed by atoms with Crippen molar-refractivity contribution < 1.29 is 168 Å². The number of fused-ring (bicyclic) bond motifs is 7. The molecule has 38 atom stereocenters. The molecule has 0 radical (unpaired) electrons. The van der Waals surface area contributed by atoms with Gasteiger partial charge in [0.2, 0.25) is 6.29 Å². The number of esters is 1. The maximum Gasteiger partial charge on any atom is 0.506 e. The normalized spacial score (nSPS) is 54.0. The second-order valence-electron chi connectivity index (χ2n) is 30.8. The fraction of sp³-hybridized carbons (Fsp3) is 0.922. The van der Waals surface area contributed by atoms with Crippen LogP contribution in [-0.2, 0) is 71.2 Å². The minimum Gasteiger partial charge on any atom is -0.479 e. The van der Waals surface area contributed by atoms with Gasteiger partial charge in [0.15, 0.2) is 49.8 Å². The molecule has 4 saturated carbocycles. The van der Waals surface area contributed by atoms with Crippen LogP contribution in [0.1, 0.15) is 113 Å². The summed E-state index contributed by atoms with van der Waals surface area (Å²) >= 11 is 0. The van der Waals surface area contributed by atoms with E-state index in [0.717, 1.165) is 5.57 Å². The van der Waals surface area contributed by atoms with E-state index < -0.39 is 267 Å². The molecule has 0 aromatic carbocycles. The fourth-order valence-corrected chi connectivity index (χ4v) is 18.9. The molecule has 10 fully saturated rings. The van der Waals surface area contributed by atoms with E-state index in [1.54, 1.807) is 6.92 Å². The Morgan fingerprint density at radius 3 is 1.70 bits per heavy atom. The molecule has 18 N–H and O–H groups in total. The van der Waals surface area contributed by atoms with E-state index in [0.29, 0.717) is 38.5 Å². The van der Waals surface area contributed by atoms with Gasteiger partial charge in [-0.1, -0.05) is 46.3 Å². The third-order valence-corrected chi connectivity index (χ3v) is 24.7. The fourth-order valence-electron chi connectivity index (χ4n) is 18.9. The molecule has 0 aromatic heterocycles. The summed E-state index contributed by atoms with van der Waals surface area (Å²) in [4.78, 5) is 41.0. The first-order valence-electron chi connectivity index (χ1n) is 33.8. The van der Waals surface area contributed by atoms with Crippen LogP contribution in [0.4, 0.5) is 4.79 Å². The predicted octanol–water partition coefficient (Wildman–Crippen LogP) is -4.56. The van der Waals surface area contributed by atoms with Crippen molar-refractivity contribution in [1.82, 2.24) is 0 Å². The van der Waals surface area contributed by atoms with E-state index in [2.05, 4.69) is 26.8 Å². The van der Waals surface area contributed by atoms with Gasteiger partial charge in [0.1, 0.15) is 109 Å². The van der Waals surface area contributed by atoms with Crippen LogP contribution in [0, 0.1) is 44.8 Å². The zero-order valence-electron chi connectivity index (χ0n) is 55.7. The summed E-state index contributed by atoms with van der Waals surface area (Å²) in [7, 11) is 0. The first-order chi connectivity index (χ1) is 45.8. The molecular weight excluding hydrogens is 1310 g/mol. The van der Waals surface area contributed by atoms with Crippen molar-refractivity contribution in [3.63, 3.8) is 0 Å². The number of ether oxygens (including phenoxy) is 13. The lowest BCUT2D eigenvalue weighted by molar-refractivity contribution is -0.382. The molecular formula is C64H100O34. The Hall–Kier alpha value is -3.13. The van der Waals surface area contributed by atoms with Gasteiger partial charge in [-0.3, -0.25) is 4.79 Å². The van der Waals surface area contributed by atoms with Crippen LogP contribution in [0.5, 0.6) is 0 Å². The third kappa shape index (κ3) is 12.9. The topological polar surface area (TPSA) is 535 Å². The minimum atomic E-state index is -2.13. The maximum absolute atomic E-state index is 16.0. The first kappa shape index (κ1) is 76.0. The number of carboxylic acids is 1. The summed E-state index contributed by atoms with van der Waals surface area (Å²) < 4.78 is 77.6. The summed E-state index contributed by atoms with van der Waals surface area (Å²) in [6.07, 6.45) is -50.4. The highest BCUT2D eigenvalue weighted by Gasteiger charge is 2.73. The van der Waals surface area contributed by atoms with Gasteiger partial charge in [-0.05, 0) is 118 Å². The van der Waals surface area contributed by atoms with Crippen LogP contribution in [0.25, 0.3) is 0 Å². The highest BCUT2D eigenvalue weighted by atomic mass is 16.8. The van der Waals surface area contributed by atoms with Gasteiger partial charge < -0.3 is 153 Å². The smallest absolute Gasteiger partial charge is 0.479 e. The average molecular weight is 1410 g/mol. The number of carbonyl (C=O) groups excluding carboxylic acids is 1. The Morgan fingerprint density at radius 2 is 1.07 bits per heavy atom. The third-order valence-electron chi connectivity index (χ3n) is 24.7. The molecule has 11 aliphatic rings. The standard InChI is InChI=1S/C64H100O34/c1-22-44(92-51-40(76)33(69)26(67)21-86-51)39(75)43(79)52(87-22)96-49-48(95-53-41(77)35(71)28(20-66)90-53)45(97-58(83)84)23(2)88-56(49)98-57(82)64-16-15-59(3,4)17-25(64)24-9-10-29-60(5)13-12-32(63(8,85)30(60)11-14-61(29,6)62(24,7)18-31(64)68)91-55-47(38(74)37(73)46(93-55)50(80)81)94-54-42(78)36(72)34(70)27(19-65)89-54/h9,22-23,25-49,51-56,65-79,85H,10-21H2,1-8H3,(H,80,81)(H,83,84). The Labute approximate surface area is 563 Å². The lowest BCUT2D eigenvalue weighted by Crippen LogP contribution is -2.70. The van der Waals surface area contributed by atoms with E-state index in [1.165, 1.54) is 13.8 Å². The van der Waals surface area contributed by atoms with Crippen LogP contribution in [0.15, 0.2) is 11.6 Å². The van der Waals surface area contributed by atoms with Crippen molar-refractivity contribution in [2.45, 2.75) is 303 Å². The molecule has 34 heteroatoms. The average Bonchev–Trinajstić information content (AvgIpc) is 0.689. The second-order valence-corrected chi connectivity index (χ2v) is 30.8. The molecule has 5 aliphatic carbocycles. The number of carboxylic acid groups (broad SMARTS) is 2. The van der Waals surface area contributed by atoms with Gasteiger partial charge in [-0.15, -0.1) is 0 Å². The Balaban J connectivity index is 0.882. The summed E-state index contributed by atoms with van der Waals surface area (Å²) in [5.41, 5.74) is -5.28. The summed E-state index contributed by atoms with van der Waals surface area (Å²) in [5.74, 6) is -4.17. The second kappa shape index (κ2) is 28.1. The highest BCUT2D eigenvalue weighted by Crippen LogP contribution is 2.75. The van der Waals surface area contributed by atoms with Gasteiger partial charge in [0, 0.05) is 0 Å². The quantitative estimate of drug-likeness (QED) is 0.0393. The molecule has 6 aliphatic heterocycles. The van der Waals surface area contributed by atoms with Crippen LogP contribution in [0.3, 0.4) is 0 Å². The van der Waals surface area contributed by atoms with Crippen molar-refractivity contribution >= 4 is 18.1 Å². The van der Waals surface area contributed by atoms with E-state index in [4.69, 9.17) is 61.6 Å². The number of hydrogen-bond acceptors (Lipinski definition) is 32. The first-order valence-corrected chi connectivity index (χ1v) is 33.8. The molecule has 0 bridgehead atoms. The zero-order chi connectivity index (χ0) is 71.7. The Kier molecular flexibility index (Phi) is 21.8. The number of aliphatic carboxylic acids is 1. The molecule has 560 valence electrons. The number of allylic oxidation sites excluding steroid dienone is 2. The summed E-state index contributed by atoms with van der Waals surface area (Å²) in [6.45, 7) is 12.6. The van der Waals surface area contributed by atoms with Gasteiger partial charge in [0.25, 0.3) is 0 Å². The highest BCUT2D eigenvalue weighted by molar-refractivity contribution is 5.80. The molecule has 0 spiro atoms. The number of aliphatic hydroxyl groups is 16. The minimum absolute atomic E-state index is 0.00543. The molecule has 6 saturated heterocycles. The van der Waals surface area contributed by atoms with Crippen LogP contribution >= 0.6 is 0 Å². The van der Waals surface area contributed by atoms with E-state index in [-0.39, 0.29) is 25.2 Å². The van der Waals surface area contributed by atoms with Crippen molar-refractivity contribution in [1.29, 1.82) is 0 Å². The number of aliphatic hydroxyl groups excluding tert-OH is 15. The van der Waals surface area contributed by atoms with Crippen LogP contribution < -0.4 is 0 Å². The lowest BCUT2D eigenvalue weighted by Gasteiger charge is -2.71. The largest absolute Gasteiger partial charge is 0.506 e. The number of rotatable bonds is 16. The van der Waals surface area contributed by atoms with Gasteiger partial charge >= 0.3 is 18.1 Å². The van der Waals surface area contributed by atoms with Crippen molar-refractivity contribution in [3.05, 3.63) is 11.6 Å². The lowest BCUT2D eigenvalue weighted by atomic mass is 9.34. The van der Waals surface area contributed by atoms with Crippen LogP contribution in [-0.4, -0.2) is 320 Å². The Bertz CT molecular complexity index is 2870. The van der Waals surface area contributed by atoms with Gasteiger partial charge in [-0.25, -0.2) is 9.59 Å². The predicted molar refractivity (Wildman–Crippen MR) is 319 cm³/mol. The summed E-state index contributed by atoms with van der Waals surface area (Å²) in [6, 6.07) is 0. The SMILES string of the molecule is CC1OC(OC2C(OC(=O)C34CCC(C)(C)CC3C3=CCC5C6(C)CCC(OC7OC(C(=O)O)C(O)C(O)C7OC7OC(CO)C(O)C(O)C7O)C(C)(O)C6CCC5(C)C3(C)CC4O)OC(C)C(OC(=O)O)C2OC2OC(CO)C(O)C2O)C(O)C(O)C1OC1OCC(O)C(O)C1O. The van der Waals surface area contributed by atoms with Crippen molar-refractivity contribution in [3.8, 4) is 0 Å². The van der Waals surface area contributed by atoms with Crippen molar-refractivity contribution in [2.24, 2.45) is 44.8 Å². The molecule has 0 aromatic rings. The zero-order valence-corrected chi connectivity index (χ0v) is 55.7. The van der Waals surface area contributed by atoms with Crippen LogP contribution in [0.2, 0.25) is 0 Å². The molecule has 98 heavy (non-hydrogen) atoms. The number of hydrogen-bond donors (Lipinski definition) is 18.